The third kappa shape index (κ3) is 4.11. The van der Waals surface area contributed by atoms with Gasteiger partial charge in [-0.2, -0.15) is 0 Å². The van der Waals surface area contributed by atoms with Crippen molar-refractivity contribution in [2.75, 3.05) is 32.8 Å². The molecule has 0 radical (unpaired) electrons. The van der Waals surface area contributed by atoms with E-state index in [0.717, 1.165) is 45.3 Å². The van der Waals surface area contributed by atoms with Crippen LogP contribution in [0.15, 0.2) is 18.2 Å². The minimum absolute atomic E-state index is 0.0573. The maximum Gasteiger partial charge on any atom is 0.223 e. The van der Waals surface area contributed by atoms with E-state index >= 15 is 0 Å². The summed E-state index contributed by atoms with van der Waals surface area (Å²) in [5, 5.41) is 3.00. The number of morpholine rings is 1. The van der Waals surface area contributed by atoms with Gasteiger partial charge >= 0.3 is 0 Å². The summed E-state index contributed by atoms with van der Waals surface area (Å²) in [6, 6.07) is 4.23. The Morgan fingerprint density at radius 2 is 2.12 bits per heavy atom. The molecule has 24 heavy (non-hydrogen) atoms. The van der Waals surface area contributed by atoms with Crippen LogP contribution in [0.25, 0.3) is 0 Å². The molecule has 0 bridgehead atoms. The molecule has 1 saturated heterocycles. The van der Waals surface area contributed by atoms with E-state index in [0.29, 0.717) is 12.0 Å². The smallest absolute Gasteiger partial charge is 0.223 e. The van der Waals surface area contributed by atoms with Gasteiger partial charge in [-0.05, 0) is 37.3 Å². The summed E-state index contributed by atoms with van der Waals surface area (Å²) < 4.78 is 32.4. The number of hydrogen-bond donors (Lipinski definition) is 1. The number of hydrogen-bond acceptors (Lipinski definition) is 3. The number of rotatable bonds is 6. The Kier molecular flexibility index (Phi) is 5.46. The van der Waals surface area contributed by atoms with Crippen LogP contribution in [0.5, 0.6) is 0 Å². The van der Waals surface area contributed by atoms with Crippen molar-refractivity contribution in [2.24, 2.45) is 5.92 Å². The van der Waals surface area contributed by atoms with Crippen molar-refractivity contribution in [1.29, 1.82) is 0 Å². The number of halogens is 2. The van der Waals surface area contributed by atoms with E-state index in [2.05, 4.69) is 10.2 Å². The lowest BCUT2D eigenvalue weighted by Crippen LogP contribution is -2.41. The first-order valence-corrected chi connectivity index (χ1v) is 8.60. The molecule has 1 saturated carbocycles. The molecule has 4 nitrogen and oxygen atoms in total. The van der Waals surface area contributed by atoms with Gasteiger partial charge in [0.15, 0.2) is 11.6 Å². The lowest BCUT2D eigenvalue weighted by Gasteiger charge is -2.27. The Morgan fingerprint density at radius 3 is 2.88 bits per heavy atom. The van der Waals surface area contributed by atoms with Gasteiger partial charge in [0.25, 0.3) is 0 Å². The summed E-state index contributed by atoms with van der Waals surface area (Å²) >= 11 is 0. The van der Waals surface area contributed by atoms with E-state index in [-0.39, 0.29) is 23.8 Å². The molecule has 1 aromatic rings. The number of benzene rings is 1. The maximum absolute atomic E-state index is 13.8. The molecule has 2 fully saturated rings. The predicted molar refractivity (Wildman–Crippen MR) is 86.7 cm³/mol. The normalized spacial score (nSPS) is 25.3. The van der Waals surface area contributed by atoms with Gasteiger partial charge < -0.3 is 10.1 Å². The van der Waals surface area contributed by atoms with Gasteiger partial charge in [0.1, 0.15) is 0 Å². The predicted octanol–water partition coefficient (Wildman–Crippen LogP) is 2.30. The van der Waals surface area contributed by atoms with Crippen molar-refractivity contribution >= 4 is 5.91 Å². The van der Waals surface area contributed by atoms with Gasteiger partial charge in [0.05, 0.1) is 13.2 Å². The molecule has 0 aromatic heterocycles. The molecule has 1 aromatic carbocycles. The molecule has 1 aliphatic heterocycles. The highest BCUT2D eigenvalue weighted by Crippen LogP contribution is 2.48. The Labute approximate surface area is 141 Å². The van der Waals surface area contributed by atoms with Crippen LogP contribution in [0, 0.1) is 17.6 Å². The van der Waals surface area contributed by atoms with Crippen molar-refractivity contribution in [1.82, 2.24) is 10.2 Å². The van der Waals surface area contributed by atoms with Crippen LogP contribution < -0.4 is 5.32 Å². The van der Waals surface area contributed by atoms with E-state index in [1.54, 1.807) is 6.07 Å². The van der Waals surface area contributed by atoms with Gasteiger partial charge in [-0.1, -0.05) is 12.1 Å². The summed E-state index contributed by atoms with van der Waals surface area (Å²) in [6.45, 7) is 6.32. The van der Waals surface area contributed by atoms with Crippen LogP contribution in [-0.4, -0.2) is 49.7 Å². The summed E-state index contributed by atoms with van der Waals surface area (Å²) in [4.78, 5) is 14.6. The number of nitrogens with zero attached hydrogens (tertiary/aromatic N) is 1. The van der Waals surface area contributed by atoms with Crippen LogP contribution in [0.1, 0.15) is 31.2 Å². The maximum atomic E-state index is 13.8. The number of amides is 1. The number of ether oxygens (including phenoxy) is 1. The van der Waals surface area contributed by atoms with Crippen molar-refractivity contribution in [3.05, 3.63) is 35.4 Å². The second-order valence-corrected chi connectivity index (χ2v) is 6.74. The second kappa shape index (κ2) is 7.57. The van der Waals surface area contributed by atoms with Crippen molar-refractivity contribution in [3.63, 3.8) is 0 Å². The zero-order valence-electron chi connectivity index (χ0n) is 13.9. The van der Waals surface area contributed by atoms with Crippen LogP contribution in [0.4, 0.5) is 8.78 Å². The van der Waals surface area contributed by atoms with Crippen molar-refractivity contribution < 1.29 is 18.3 Å². The van der Waals surface area contributed by atoms with E-state index in [9.17, 15) is 13.6 Å². The number of carbonyl (C=O) groups excluding carboxylic acids is 1. The molecule has 1 amide bonds. The molecular formula is C18H24F2N2O2. The second-order valence-electron chi connectivity index (χ2n) is 6.74. The molecule has 1 N–H and O–H groups in total. The minimum atomic E-state index is -0.850. The molecule has 2 aliphatic rings. The van der Waals surface area contributed by atoms with Gasteiger partial charge in [0.2, 0.25) is 5.91 Å². The lowest BCUT2D eigenvalue weighted by molar-refractivity contribution is -0.123. The van der Waals surface area contributed by atoms with E-state index in [1.807, 2.05) is 6.92 Å². The first-order valence-electron chi connectivity index (χ1n) is 8.60. The summed E-state index contributed by atoms with van der Waals surface area (Å²) in [7, 11) is 0. The van der Waals surface area contributed by atoms with E-state index in [1.165, 1.54) is 6.07 Å². The lowest BCUT2D eigenvalue weighted by atomic mass is 10.1. The van der Waals surface area contributed by atoms with Gasteiger partial charge in [-0.15, -0.1) is 0 Å². The third-order valence-electron chi connectivity index (χ3n) is 4.88. The Hall–Kier alpha value is -1.53. The minimum Gasteiger partial charge on any atom is -0.379 e. The molecule has 3 rings (SSSR count). The van der Waals surface area contributed by atoms with Gasteiger partial charge in [-0.3, -0.25) is 9.69 Å². The van der Waals surface area contributed by atoms with Crippen LogP contribution >= 0.6 is 0 Å². The van der Waals surface area contributed by atoms with E-state index < -0.39 is 11.6 Å². The van der Waals surface area contributed by atoms with Crippen LogP contribution in [0.2, 0.25) is 0 Å². The van der Waals surface area contributed by atoms with Crippen LogP contribution in [-0.2, 0) is 9.53 Å². The fourth-order valence-electron chi connectivity index (χ4n) is 3.26. The summed E-state index contributed by atoms with van der Waals surface area (Å²) in [5.74, 6) is -2.17. The highest BCUT2D eigenvalue weighted by molar-refractivity contribution is 5.83. The highest BCUT2D eigenvalue weighted by Gasteiger charge is 2.45. The Balaban J connectivity index is 1.45. The fraction of sp³-hybridized carbons (Fsp3) is 0.611. The molecule has 0 unspecified atom stereocenters. The number of carbonyl (C=O) groups is 1. The zero-order valence-corrected chi connectivity index (χ0v) is 13.9. The summed E-state index contributed by atoms with van der Waals surface area (Å²) in [5.41, 5.74) is 0.316. The fourth-order valence-corrected chi connectivity index (χ4v) is 3.26. The van der Waals surface area contributed by atoms with Crippen LogP contribution in [0.3, 0.4) is 0 Å². The third-order valence-corrected chi connectivity index (χ3v) is 4.88. The molecule has 132 valence electrons. The van der Waals surface area contributed by atoms with Gasteiger partial charge in [0, 0.05) is 31.6 Å². The molecule has 0 spiro atoms. The monoisotopic (exact) mass is 338 g/mol. The summed E-state index contributed by atoms with van der Waals surface area (Å²) in [6.07, 6.45) is 1.46. The first-order chi connectivity index (χ1) is 11.6. The Bertz CT molecular complexity index is 590. The SMILES string of the molecule is C[C@H](CCN1CCOCC1)NC(=O)[C@@H]1C[C@@H]1c1cccc(F)c1F. The highest BCUT2D eigenvalue weighted by atomic mass is 19.2. The topological polar surface area (TPSA) is 41.6 Å². The molecule has 6 heteroatoms. The van der Waals surface area contributed by atoms with E-state index in [4.69, 9.17) is 4.74 Å². The van der Waals surface area contributed by atoms with Crippen molar-refractivity contribution in [2.45, 2.75) is 31.7 Å². The Morgan fingerprint density at radius 1 is 1.38 bits per heavy atom. The molecular weight excluding hydrogens is 314 g/mol. The molecule has 1 heterocycles. The molecule has 1 aliphatic carbocycles. The first kappa shape index (κ1) is 17.3. The number of nitrogens with one attached hydrogen (secondary N) is 1. The standard InChI is InChI=1S/C18H24F2N2O2/c1-12(5-6-22-7-9-24-10-8-22)21-18(23)15-11-14(15)13-3-2-4-16(19)17(13)20/h2-4,12,14-15H,5-11H2,1H3,(H,21,23)/t12-,14-,15-/m1/s1. The van der Waals surface area contributed by atoms with Gasteiger partial charge in [-0.25, -0.2) is 8.78 Å². The average molecular weight is 338 g/mol. The quantitative estimate of drug-likeness (QED) is 0.865. The largest absolute Gasteiger partial charge is 0.379 e. The molecule has 3 atom stereocenters. The van der Waals surface area contributed by atoms with Crippen molar-refractivity contribution in [3.8, 4) is 0 Å². The zero-order chi connectivity index (χ0) is 17.1. The average Bonchev–Trinajstić information content (AvgIpc) is 3.37.